The van der Waals surface area contributed by atoms with Gasteiger partial charge in [-0.2, -0.15) is 0 Å². The molecule has 2 fully saturated rings. The van der Waals surface area contributed by atoms with E-state index in [0.29, 0.717) is 0 Å². The zero-order valence-electron chi connectivity index (χ0n) is 7.07. The first-order valence-electron chi connectivity index (χ1n) is 4.41. The molecule has 2 saturated heterocycles. The van der Waals surface area contributed by atoms with Gasteiger partial charge in [-0.1, -0.05) is 0 Å². The van der Waals surface area contributed by atoms with Crippen LogP contribution in [0.5, 0.6) is 0 Å². The van der Waals surface area contributed by atoms with Crippen molar-refractivity contribution >= 4 is 24.0 Å². The van der Waals surface area contributed by atoms with Crippen molar-refractivity contribution in [1.29, 1.82) is 0 Å². The van der Waals surface area contributed by atoms with Crippen LogP contribution in [0.2, 0.25) is 0 Å². The highest BCUT2D eigenvalue weighted by Gasteiger charge is 1.93. The van der Waals surface area contributed by atoms with Gasteiger partial charge < -0.3 is 10.6 Å². The molecule has 0 aliphatic carbocycles. The minimum Gasteiger partial charge on any atom is -0.317 e. The van der Waals surface area contributed by atoms with Crippen molar-refractivity contribution in [3.63, 3.8) is 0 Å². The zero-order valence-corrected chi connectivity index (χ0v) is 9.40. The van der Waals surface area contributed by atoms with Gasteiger partial charge in [-0.25, -0.2) is 0 Å². The second-order valence-electron chi connectivity index (χ2n) is 2.91. The largest absolute Gasteiger partial charge is 0.317 e. The summed E-state index contributed by atoms with van der Waals surface area (Å²) in [7, 11) is 0. The van der Waals surface area contributed by atoms with Crippen LogP contribution in [0.1, 0.15) is 25.7 Å². The maximum absolute atomic E-state index is 3.22. The summed E-state index contributed by atoms with van der Waals surface area (Å²) in [4.78, 5) is 0. The van der Waals surface area contributed by atoms with Gasteiger partial charge in [0.1, 0.15) is 0 Å². The van der Waals surface area contributed by atoms with Crippen LogP contribution in [0, 0.1) is 0 Å². The minimum atomic E-state index is 0. The van der Waals surface area contributed by atoms with Crippen LogP contribution in [-0.2, 0) is 0 Å². The number of hydrogen-bond acceptors (Lipinski definition) is 2. The number of halogens is 1. The Labute approximate surface area is 86.5 Å². The van der Waals surface area contributed by atoms with Crippen LogP contribution in [0.4, 0.5) is 0 Å². The van der Waals surface area contributed by atoms with Gasteiger partial charge in [0.2, 0.25) is 0 Å². The predicted octanol–water partition coefficient (Wildman–Crippen LogP) is 1.36. The van der Waals surface area contributed by atoms with Crippen molar-refractivity contribution in [2.24, 2.45) is 0 Å². The minimum absolute atomic E-state index is 0. The van der Waals surface area contributed by atoms with Crippen LogP contribution in [0.25, 0.3) is 0 Å². The molecule has 11 heavy (non-hydrogen) atoms. The molecule has 0 aromatic carbocycles. The third-order valence-electron chi connectivity index (χ3n) is 1.91. The fraction of sp³-hybridized carbons (Fsp3) is 1.00. The average molecular weight is 270 g/mol. The zero-order chi connectivity index (χ0) is 7.07. The molecule has 0 aromatic rings. The van der Waals surface area contributed by atoms with E-state index in [0.717, 1.165) is 0 Å². The van der Waals surface area contributed by atoms with Crippen molar-refractivity contribution in [2.75, 3.05) is 26.2 Å². The molecule has 2 rings (SSSR count). The Morgan fingerprint density at radius 3 is 0.909 bits per heavy atom. The molecule has 0 amide bonds. The van der Waals surface area contributed by atoms with E-state index in [4.69, 9.17) is 0 Å². The van der Waals surface area contributed by atoms with E-state index >= 15 is 0 Å². The van der Waals surface area contributed by atoms with E-state index in [-0.39, 0.29) is 24.0 Å². The van der Waals surface area contributed by atoms with E-state index in [1.165, 1.54) is 51.9 Å². The molecule has 0 aromatic heterocycles. The summed E-state index contributed by atoms with van der Waals surface area (Å²) in [5, 5.41) is 6.44. The maximum atomic E-state index is 3.22. The lowest BCUT2D eigenvalue weighted by molar-refractivity contribution is 0.857. The Morgan fingerprint density at radius 2 is 0.818 bits per heavy atom. The van der Waals surface area contributed by atoms with Crippen LogP contribution >= 0.6 is 24.0 Å². The summed E-state index contributed by atoms with van der Waals surface area (Å²) < 4.78 is 0. The molecule has 3 heteroatoms. The second kappa shape index (κ2) is 8.74. The first-order valence-corrected chi connectivity index (χ1v) is 4.41. The summed E-state index contributed by atoms with van der Waals surface area (Å²) >= 11 is 0. The SMILES string of the molecule is C1CCNC1.C1CCNC1.I. The van der Waals surface area contributed by atoms with Crippen LogP contribution in [0.15, 0.2) is 0 Å². The molecule has 0 bridgehead atoms. The highest BCUT2D eigenvalue weighted by atomic mass is 127. The van der Waals surface area contributed by atoms with Crippen LogP contribution in [0.3, 0.4) is 0 Å². The molecule has 0 saturated carbocycles. The Bertz CT molecular complexity index is 45.3. The van der Waals surface area contributed by atoms with E-state index in [1.54, 1.807) is 0 Å². The fourth-order valence-electron chi connectivity index (χ4n) is 1.25. The maximum Gasteiger partial charge on any atom is -0.00484 e. The van der Waals surface area contributed by atoms with Gasteiger partial charge in [-0.05, 0) is 51.9 Å². The van der Waals surface area contributed by atoms with E-state index in [9.17, 15) is 0 Å². The second-order valence-corrected chi connectivity index (χ2v) is 2.91. The molecular weight excluding hydrogens is 251 g/mol. The number of rotatable bonds is 0. The summed E-state index contributed by atoms with van der Waals surface area (Å²) in [6, 6.07) is 0. The van der Waals surface area contributed by atoms with E-state index in [2.05, 4.69) is 10.6 Å². The third kappa shape index (κ3) is 7.03. The summed E-state index contributed by atoms with van der Waals surface area (Å²) in [6.45, 7) is 5.00. The van der Waals surface area contributed by atoms with Gasteiger partial charge >= 0.3 is 0 Å². The lowest BCUT2D eigenvalue weighted by atomic mass is 10.4. The molecule has 0 unspecified atom stereocenters. The van der Waals surface area contributed by atoms with Gasteiger partial charge in [0.05, 0.1) is 0 Å². The summed E-state index contributed by atoms with van der Waals surface area (Å²) in [5.74, 6) is 0. The van der Waals surface area contributed by atoms with Crippen LogP contribution < -0.4 is 10.6 Å². The summed E-state index contributed by atoms with van der Waals surface area (Å²) in [5.41, 5.74) is 0. The Kier molecular flexibility index (Phi) is 9.26. The van der Waals surface area contributed by atoms with Gasteiger partial charge in [-0.3, -0.25) is 0 Å². The molecule has 2 nitrogen and oxygen atoms in total. The molecule has 0 spiro atoms. The van der Waals surface area contributed by atoms with Crippen molar-refractivity contribution in [3.05, 3.63) is 0 Å². The smallest absolute Gasteiger partial charge is 0.00484 e. The monoisotopic (exact) mass is 270 g/mol. The van der Waals surface area contributed by atoms with E-state index in [1.807, 2.05) is 0 Å². The predicted molar refractivity (Wildman–Crippen MR) is 59.6 cm³/mol. The highest BCUT2D eigenvalue weighted by Crippen LogP contribution is 1.90. The normalized spacial score (nSPS) is 21.8. The number of nitrogens with one attached hydrogen (secondary N) is 2. The number of hydrogen-bond donors (Lipinski definition) is 2. The summed E-state index contributed by atoms with van der Waals surface area (Å²) in [6.07, 6.45) is 5.56. The first-order chi connectivity index (χ1) is 5.00. The van der Waals surface area contributed by atoms with Crippen molar-refractivity contribution in [1.82, 2.24) is 10.6 Å². The van der Waals surface area contributed by atoms with Crippen molar-refractivity contribution < 1.29 is 0 Å². The lowest BCUT2D eigenvalue weighted by Gasteiger charge is -1.76. The standard InChI is InChI=1S/2C4H9N.HI/c2*1-2-4-5-3-1;/h2*5H,1-4H2;1H. The molecule has 2 N–H and O–H groups in total. The highest BCUT2D eigenvalue weighted by molar-refractivity contribution is 14.0. The third-order valence-corrected chi connectivity index (χ3v) is 1.91. The first kappa shape index (κ1) is 11.6. The van der Waals surface area contributed by atoms with Gasteiger partial charge in [0.25, 0.3) is 0 Å². The molecule has 2 aliphatic rings. The lowest BCUT2D eigenvalue weighted by Crippen LogP contribution is -2.03. The Balaban J connectivity index is 0.000000167. The van der Waals surface area contributed by atoms with Gasteiger partial charge in [0, 0.05) is 0 Å². The molecule has 2 aliphatic heterocycles. The molecule has 0 radical (unpaired) electrons. The quantitative estimate of drug-likeness (QED) is 0.649. The molecule has 2 heterocycles. The Hall–Kier alpha value is 0.650. The van der Waals surface area contributed by atoms with Gasteiger partial charge in [-0.15, -0.1) is 24.0 Å². The van der Waals surface area contributed by atoms with Crippen molar-refractivity contribution in [2.45, 2.75) is 25.7 Å². The van der Waals surface area contributed by atoms with E-state index < -0.39 is 0 Å². The van der Waals surface area contributed by atoms with Gasteiger partial charge in [0.15, 0.2) is 0 Å². The van der Waals surface area contributed by atoms with Crippen molar-refractivity contribution in [3.8, 4) is 0 Å². The Morgan fingerprint density at radius 1 is 0.545 bits per heavy atom. The average Bonchev–Trinajstić information content (AvgIpc) is 2.67. The molecule has 0 atom stereocenters. The fourth-order valence-corrected chi connectivity index (χ4v) is 1.25. The molecular formula is C8H19IN2. The molecule has 68 valence electrons. The van der Waals surface area contributed by atoms with Crippen LogP contribution in [-0.4, -0.2) is 26.2 Å². The topological polar surface area (TPSA) is 24.1 Å².